The van der Waals surface area contributed by atoms with Crippen molar-refractivity contribution in [2.75, 3.05) is 6.54 Å². The van der Waals surface area contributed by atoms with Crippen molar-refractivity contribution in [2.45, 2.75) is 72.3 Å². The first-order valence-corrected chi connectivity index (χ1v) is 8.48. The highest BCUT2D eigenvalue weighted by Gasteiger charge is 2.22. The molecule has 0 bridgehead atoms. The molecule has 1 aliphatic carbocycles. The summed E-state index contributed by atoms with van der Waals surface area (Å²) in [5, 5.41) is 3.58. The van der Waals surface area contributed by atoms with Gasteiger partial charge in [0, 0.05) is 6.04 Å². The third kappa shape index (κ3) is 6.26. The molecule has 0 radical (unpaired) electrons. The van der Waals surface area contributed by atoms with E-state index in [-0.39, 0.29) is 0 Å². The fourth-order valence-electron chi connectivity index (χ4n) is 2.99. The van der Waals surface area contributed by atoms with Crippen LogP contribution in [0.5, 0.6) is 0 Å². The van der Waals surface area contributed by atoms with Crippen LogP contribution in [0.2, 0.25) is 0 Å². The van der Waals surface area contributed by atoms with Crippen molar-refractivity contribution in [1.29, 1.82) is 0 Å². The molecule has 0 heterocycles. The van der Waals surface area contributed by atoms with E-state index in [2.05, 4.69) is 46.2 Å². The Morgan fingerprint density at radius 3 is 2.10 bits per heavy atom. The van der Waals surface area contributed by atoms with Gasteiger partial charge in [0.1, 0.15) is 0 Å². The molecule has 1 saturated carbocycles. The third-order valence-corrected chi connectivity index (χ3v) is 4.82. The third-order valence-electron chi connectivity index (χ3n) is 4.82. The zero-order chi connectivity index (χ0) is 15.1. The Labute approximate surface area is 126 Å². The molecule has 0 aromatic rings. The first kappa shape index (κ1) is 17.5. The summed E-state index contributed by atoms with van der Waals surface area (Å²) in [5.41, 5.74) is 2.85. The van der Waals surface area contributed by atoms with Crippen LogP contribution in [0.1, 0.15) is 66.2 Å². The normalized spacial score (nSPS) is 23.3. The van der Waals surface area contributed by atoms with Gasteiger partial charge in [-0.25, -0.2) is 0 Å². The van der Waals surface area contributed by atoms with Crippen molar-refractivity contribution >= 4 is 0 Å². The lowest BCUT2D eigenvalue weighted by atomic mass is 9.77. The highest BCUT2D eigenvalue weighted by molar-refractivity contribution is 5.07. The molecule has 1 nitrogen and oxygen atoms in total. The zero-order valence-electron chi connectivity index (χ0n) is 14.2. The molecule has 0 atom stereocenters. The van der Waals surface area contributed by atoms with Crippen LogP contribution in [0.4, 0.5) is 0 Å². The topological polar surface area (TPSA) is 12.0 Å². The largest absolute Gasteiger partial charge is 0.314 e. The Morgan fingerprint density at radius 2 is 1.60 bits per heavy atom. The molecule has 0 aliphatic heterocycles. The Kier molecular flexibility index (Phi) is 7.58. The van der Waals surface area contributed by atoms with E-state index in [1.165, 1.54) is 43.4 Å². The first-order chi connectivity index (χ1) is 9.40. The standard InChI is InChI=1S/C19H35N/c1-14(2)16(5)7-8-17(6)19-11-9-18(10-12-19)13-20-15(3)4/h14-15,18-20H,5-13H2,1-4H3. The Hall–Kier alpha value is -0.560. The summed E-state index contributed by atoms with van der Waals surface area (Å²) in [6.45, 7) is 18.7. The maximum absolute atomic E-state index is 4.35. The van der Waals surface area contributed by atoms with Gasteiger partial charge in [-0.15, -0.1) is 0 Å². The van der Waals surface area contributed by atoms with Crippen molar-refractivity contribution in [3.05, 3.63) is 24.3 Å². The maximum atomic E-state index is 4.35. The van der Waals surface area contributed by atoms with Gasteiger partial charge in [-0.3, -0.25) is 0 Å². The minimum absolute atomic E-state index is 0.612. The second-order valence-electron chi connectivity index (χ2n) is 7.25. The second-order valence-corrected chi connectivity index (χ2v) is 7.25. The molecule has 0 spiro atoms. The summed E-state index contributed by atoms with van der Waals surface area (Å²) in [4.78, 5) is 0. The van der Waals surface area contributed by atoms with Crippen molar-refractivity contribution in [3.8, 4) is 0 Å². The molecule has 1 rings (SSSR count). The molecule has 0 aromatic heterocycles. The Bertz CT molecular complexity index is 306. The minimum Gasteiger partial charge on any atom is -0.314 e. The van der Waals surface area contributed by atoms with E-state index in [0.717, 1.165) is 24.7 Å². The highest BCUT2D eigenvalue weighted by Crippen LogP contribution is 2.34. The molecule has 1 aliphatic rings. The molecular weight excluding hydrogens is 242 g/mol. The average molecular weight is 277 g/mol. The van der Waals surface area contributed by atoms with Crippen molar-refractivity contribution in [3.63, 3.8) is 0 Å². The minimum atomic E-state index is 0.612. The van der Waals surface area contributed by atoms with Crippen molar-refractivity contribution in [1.82, 2.24) is 5.32 Å². The lowest BCUT2D eigenvalue weighted by molar-refractivity contribution is 0.284. The number of hydrogen-bond acceptors (Lipinski definition) is 1. The van der Waals surface area contributed by atoms with Gasteiger partial charge >= 0.3 is 0 Å². The van der Waals surface area contributed by atoms with E-state index in [4.69, 9.17) is 0 Å². The van der Waals surface area contributed by atoms with E-state index in [0.29, 0.717) is 12.0 Å². The predicted octanol–water partition coefficient (Wildman–Crippen LogP) is 5.34. The molecule has 0 aromatic carbocycles. The second kappa shape index (κ2) is 8.67. The molecule has 1 fully saturated rings. The van der Waals surface area contributed by atoms with Crippen LogP contribution in [-0.2, 0) is 0 Å². The SMILES string of the molecule is C=C(CCC(=C)C1CCC(CNC(C)C)CC1)C(C)C. The average Bonchev–Trinajstić information content (AvgIpc) is 2.42. The van der Waals surface area contributed by atoms with Gasteiger partial charge in [-0.05, 0) is 62.8 Å². The van der Waals surface area contributed by atoms with E-state index in [1.807, 2.05) is 0 Å². The quantitative estimate of drug-likeness (QED) is 0.591. The number of nitrogens with one attached hydrogen (secondary N) is 1. The van der Waals surface area contributed by atoms with Crippen molar-refractivity contribution < 1.29 is 0 Å². The lowest BCUT2D eigenvalue weighted by Crippen LogP contribution is -2.31. The van der Waals surface area contributed by atoms with Crippen LogP contribution in [0.15, 0.2) is 24.3 Å². The first-order valence-electron chi connectivity index (χ1n) is 8.48. The number of hydrogen-bond donors (Lipinski definition) is 1. The van der Waals surface area contributed by atoms with Gasteiger partial charge in [-0.1, -0.05) is 52.0 Å². The van der Waals surface area contributed by atoms with Crippen LogP contribution in [0.3, 0.4) is 0 Å². The van der Waals surface area contributed by atoms with Gasteiger partial charge in [0.25, 0.3) is 0 Å². The number of allylic oxidation sites excluding steroid dienone is 2. The number of rotatable bonds is 8. The molecule has 1 heteroatoms. The molecule has 1 N–H and O–H groups in total. The van der Waals surface area contributed by atoms with Gasteiger partial charge in [-0.2, -0.15) is 0 Å². The lowest BCUT2D eigenvalue weighted by Gasteiger charge is -2.30. The molecule has 0 saturated heterocycles. The molecule has 20 heavy (non-hydrogen) atoms. The molecule has 0 amide bonds. The van der Waals surface area contributed by atoms with Gasteiger partial charge < -0.3 is 5.32 Å². The summed E-state index contributed by atoms with van der Waals surface area (Å²) < 4.78 is 0. The summed E-state index contributed by atoms with van der Waals surface area (Å²) in [6, 6.07) is 0.615. The monoisotopic (exact) mass is 277 g/mol. The van der Waals surface area contributed by atoms with Gasteiger partial charge in [0.2, 0.25) is 0 Å². The van der Waals surface area contributed by atoms with E-state index in [1.54, 1.807) is 0 Å². The summed E-state index contributed by atoms with van der Waals surface area (Å²) in [5.74, 6) is 2.26. The summed E-state index contributed by atoms with van der Waals surface area (Å²) in [6.07, 6.45) is 7.71. The summed E-state index contributed by atoms with van der Waals surface area (Å²) in [7, 11) is 0. The van der Waals surface area contributed by atoms with E-state index >= 15 is 0 Å². The molecule has 0 unspecified atom stereocenters. The molecular formula is C19H35N. The van der Waals surface area contributed by atoms with Crippen LogP contribution < -0.4 is 5.32 Å². The fourth-order valence-corrected chi connectivity index (χ4v) is 2.99. The van der Waals surface area contributed by atoms with Crippen LogP contribution in [0.25, 0.3) is 0 Å². The van der Waals surface area contributed by atoms with Crippen LogP contribution in [0, 0.1) is 17.8 Å². The van der Waals surface area contributed by atoms with E-state index in [9.17, 15) is 0 Å². The molecule has 116 valence electrons. The van der Waals surface area contributed by atoms with E-state index < -0.39 is 0 Å². The Morgan fingerprint density at radius 1 is 1.00 bits per heavy atom. The van der Waals surface area contributed by atoms with Crippen LogP contribution in [-0.4, -0.2) is 12.6 Å². The maximum Gasteiger partial charge on any atom is 0.00104 e. The predicted molar refractivity (Wildman–Crippen MR) is 90.9 cm³/mol. The summed E-state index contributed by atoms with van der Waals surface area (Å²) >= 11 is 0. The van der Waals surface area contributed by atoms with Gasteiger partial charge in [0.05, 0.1) is 0 Å². The smallest absolute Gasteiger partial charge is 0.00104 e. The van der Waals surface area contributed by atoms with Gasteiger partial charge in [0.15, 0.2) is 0 Å². The highest BCUT2D eigenvalue weighted by atomic mass is 14.9. The zero-order valence-corrected chi connectivity index (χ0v) is 14.2. The van der Waals surface area contributed by atoms with Crippen LogP contribution >= 0.6 is 0 Å². The van der Waals surface area contributed by atoms with Crippen molar-refractivity contribution in [2.24, 2.45) is 17.8 Å². The fraction of sp³-hybridized carbons (Fsp3) is 0.789. The Balaban J connectivity index is 2.23.